The molecule has 34 heavy (non-hydrogen) atoms. The van der Waals surface area contributed by atoms with Crippen LogP contribution < -0.4 is 16.6 Å². The molecule has 2 aromatic heterocycles. The first-order chi connectivity index (χ1) is 16.2. The van der Waals surface area contributed by atoms with Gasteiger partial charge in [-0.15, -0.1) is 0 Å². The van der Waals surface area contributed by atoms with E-state index in [2.05, 4.69) is 10.3 Å². The molecule has 0 atom stereocenters. The maximum Gasteiger partial charge on any atom is 0.332 e. The Labute approximate surface area is 203 Å². The van der Waals surface area contributed by atoms with Crippen LogP contribution >= 0.6 is 23.4 Å². The smallest absolute Gasteiger partial charge is 0.325 e. The second kappa shape index (κ2) is 9.47. The van der Waals surface area contributed by atoms with Gasteiger partial charge in [0.05, 0.1) is 12.3 Å². The molecule has 11 heteroatoms. The van der Waals surface area contributed by atoms with Crippen molar-refractivity contribution in [3.05, 3.63) is 85.3 Å². The number of aromatic nitrogens is 4. The summed E-state index contributed by atoms with van der Waals surface area (Å²) in [5.41, 5.74) is 1.63. The number of thioether (sulfide) groups is 1. The van der Waals surface area contributed by atoms with Crippen LogP contribution in [0.1, 0.15) is 11.1 Å². The number of aryl methyl sites for hydroxylation is 2. The number of hydrogen-bond donors (Lipinski definition) is 1. The molecule has 4 aromatic rings. The number of anilines is 1. The molecule has 1 N–H and O–H groups in total. The van der Waals surface area contributed by atoms with Gasteiger partial charge in [-0.2, -0.15) is 0 Å². The van der Waals surface area contributed by atoms with Gasteiger partial charge in [-0.25, -0.2) is 14.2 Å². The molecule has 8 nitrogen and oxygen atoms in total. The Morgan fingerprint density at radius 2 is 1.82 bits per heavy atom. The first kappa shape index (κ1) is 23.8. The first-order valence-corrected chi connectivity index (χ1v) is 11.6. The predicted octanol–water partition coefficient (Wildman–Crippen LogP) is 3.31. The van der Waals surface area contributed by atoms with E-state index in [0.29, 0.717) is 15.9 Å². The summed E-state index contributed by atoms with van der Waals surface area (Å²) in [6, 6.07) is 11.1. The Balaban J connectivity index is 1.68. The fourth-order valence-corrected chi connectivity index (χ4v) is 4.43. The molecule has 0 saturated heterocycles. The van der Waals surface area contributed by atoms with Gasteiger partial charge in [0, 0.05) is 24.8 Å². The number of rotatable bonds is 6. The molecule has 0 aliphatic carbocycles. The summed E-state index contributed by atoms with van der Waals surface area (Å²) in [5.74, 6) is -0.654. The molecule has 2 aromatic carbocycles. The van der Waals surface area contributed by atoms with Crippen molar-refractivity contribution in [2.24, 2.45) is 14.1 Å². The van der Waals surface area contributed by atoms with E-state index >= 15 is 0 Å². The molecule has 176 valence electrons. The average molecular weight is 502 g/mol. The van der Waals surface area contributed by atoms with Crippen molar-refractivity contribution in [2.75, 3.05) is 11.1 Å². The van der Waals surface area contributed by atoms with Crippen LogP contribution in [-0.2, 0) is 25.4 Å². The predicted molar refractivity (Wildman–Crippen MR) is 131 cm³/mol. The van der Waals surface area contributed by atoms with Crippen LogP contribution in [0.15, 0.2) is 57.2 Å². The Hall–Kier alpha value is -3.37. The lowest BCUT2D eigenvalue weighted by atomic mass is 10.2. The zero-order valence-electron chi connectivity index (χ0n) is 18.6. The maximum absolute atomic E-state index is 13.4. The van der Waals surface area contributed by atoms with Crippen molar-refractivity contribution in [3.8, 4) is 0 Å². The normalized spacial score (nSPS) is 11.2. The molecule has 0 aliphatic rings. The van der Waals surface area contributed by atoms with Crippen LogP contribution in [0, 0.1) is 12.7 Å². The van der Waals surface area contributed by atoms with Gasteiger partial charge in [0.2, 0.25) is 5.91 Å². The van der Waals surface area contributed by atoms with Crippen molar-refractivity contribution in [1.29, 1.82) is 0 Å². The van der Waals surface area contributed by atoms with Gasteiger partial charge in [-0.3, -0.25) is 18.7 Å². The molecular weight excluding hydrogens is 481 g/mol. The number of nitrogens with zero attached hydrogens (tertiary/aromatic N) is 4. The van der Waals surface area contributed by atoms with Crippen LogP contribution in [0.5, 0.6) is 0 Å². The molecule has 4 rings (SSSR count). The number of fused-ring (bicyclic) bond motifs is 1. The molecule has 0 spiro atoms. The fraction of sp³-hybridized carbons (Fsp3) is 0.217. The second-order valence-corrected chi connectivity index (χ2v) is 9.14. The third kappa shape index (κ3) is 4.64. The van der Waals surface area contributed by atoms with Gasteiger partial charge >= 0.3 is 5.69 Å². The quantitative estimate of drug-likeness (QED) is 0.409. The highest BCUT2D eigenvalue weighted by atomic mass is 35.5. The number of halogens is 2. The third-order valence-corrected chi connectivity index (χ3v) is 6.74. The van der Waals surface area contributed by atoms with Crippen molar-refractivity contribution in [2.45, 2.75) is 18.6 Å². The Morgan fingerprint density at radius 1 is 1.12 bits per heavy atom. The van der Waals surface area contributed by atoms with Crippen LogP contribution in [0.25, 0.3) is 11.2 Å². The van der Waals surface area contributed by atoms with E-state index in [-0.39, 0.29) is 35.2 Å². The molecule has 0 radical (unpaired) electrons. The minimum atomic E-state index is -0.505. The van der Waals surface area contributed by atoms with Crippen molar-refractivity contribution >= 4 is 46.1 Å². The molecule has 0 unspecified atom stereocenters. The van der Waals surface area contributed by atoms with E-state index in [1.165, 1.54) is 30.8 Å². The van der Waals surface area contributed by atoms with Gasteiger partial charge in [-0.05, 0) is 42.3 Å². The van der Waals surface area contributed by atoms with Gasteiger partial charge < -0.3 is 9.88 Å². The van der Waals surface area contributed by atoms with E-state index in [1.54, 1.807) is 28.8 Å². The number of carbonyl (C=O) groups excluding carboxylic acids is 1. The number of carbonyl (C=O) groups is 1. The zero-order chi connectivity index (χ0) is 24.6. The summed E-state index contributed by atoms with van der Waals surface area (Å²) in [6.07, 6.45) is 0. The number of amides is 1. The van der Waals surface area contributed by atoms with Gasteiger partial charge in [0.15, 0.2) is 16.3 Å². The molecule has 2 heterocycles. The summed E-state index contributed by atoms with van der Waals surface area (Å²) >= 11 is 7.25. The number of benzene rings is 2. The number of nitrogens with one attached hydrogen (secondary N) is 1. The van der Waals surface area contributed by atoms with E-state index < -0.39 is 11.2 Å². The summed E-state index contributed by atoms with van der Waals surface area (Å²) in [6.45, 7) is 2.08. The highest BCUT2D eigenvalue weighted by molar-refractivity contribution is 7.99. The fourth-order valence-electron chi connectivity index (χ4n) is 3.45. The zero-order valence-corrected chi connectivity index (χ0v) is 20.2. The maximum atomic E-state index is 13.4. The highest BCUT2D eigenvalue weighted by Crippen LogP contribution is 2.24. The third-order valence-electron chi connectivity index (χ3n) is 5.35. The average Bonchev–Trinajstić information content (AvgIpc) is 3.17. The lowest BCUT2D eigenvalue weighted by Gasteiger charge is -2.10. The monoisotopic (exact) mass is 501 g/mol. The minimum Gasteiger partial charge on any atom is -0.325 e. The summed E-state index contributed by atoms with van der Waals surface area (Å²) in [5, 5.41) is 3.72. The molecule has 0 bridgehead atoms. The molecule has 1 amide bonds. The second-order valence-electron chi connectivity index (χ2n) is 7.79. The Bertz CT molecular complexity index is 1530. The SMILES string of the molecule is Cc1ccc(NC(=O)CSc2nc3c(c(=O)n(C)c(=O)n3C)n2Cc2ccc(F)cc2)cc1Cl. The topological polar surface area (TPSA) is 90.9 Å². The Morgan fingerprint density at radius 3 is 2.50 bits per heavy atom. The highest BCUT2D eigenvalue weighted by Gasteiger charge is 2.20. The first-order valence-electron chi connectivity index (χ1n) is 10.2. The summed E-state index contributed by atoms with van der Waals surface area (Å²) in [4.78, 5) is 42.4. The van der Waals surface area contributed by atoms with E-state index in [4.69, 9.17) is 11.6 Å². The molecule has 0 aliphatic heterocycles. The largest absolute Gasteiger partial charge is 0.332 e. The van der Waals surface area contributed by atoms with Crippen molar-refractivity contribution in [3.63, 3.8) is 0 Å². The van der Waals surface area contributed by atoms with Gasteiger partial charge in [-0.1, -0.05) is 41.6 Å². The van der Waals surface area contributed by atoms with Crippen molar-refractivity contribution < 1.29 is 9.18 Å². The molecular formula is C23H21ClFN5O3S. The number of imidazole rings is 1. The van der Waals surface area contributed by atoms with E-state index in [1.807, 2.05) is 13.0 Å². The van der Waals surface area contributed by atoms with Crippen molar-refractivity contribution in [1.82, 2.24) is 18.7 Å². The van der Waals surface area contributed by atoms with E-state index in [9.17, 15) is 18.8 Å². The standard InChI is InChI=1S/C23H21ClFN5O3S/c1-13-4-9-16(10-17(13)24)26-18(31)12-34-22-27-20-19(21(32)29(3)23(33)28(20)2)30(22)11-14-5-7-15(25)8-6-14/h4-10H,11-12H2,1-3H3,(H,26,31). The minimum absolute atomic E-state index is 0.00645. The lowest BCUT2D eigenvalue weighted by molar-refractivity contribution is -0.113. The molecule has 0 saturated carbocycles. The van der Waals surface area contributed by atoms with Gasteiger partial charge in [0.1, 0.15) is 5.82 Å². The lowest BCUT2D eigenvalue weighted by Crippen LogP contribution is -2.37. The van der Waals surface area contributed by atoms with Crippen LogP contribution in [0.2, 0.25) is 5.02 Å². The van der Waals surface area contributed by atoms with Crippen LogP contribution in [0.3, 0.4) is 0 Å². The summed E-state index contributed by atoms with van der Waals surface area (Å²) < 4.78 is 17.3. The van der Waals surface area contributed by atoms with E-state index in [0.717, 1.165) is 27.5 Å². The molecule has 0 fully saturated rings. The Kier molecular flexibility index (Phi) is 6.63. The van der Waals surface area contributed by atoms with Crippen LogP contribution in [-0.4, -0.2) is 30.3 Å². The summed E-state index contributed by atoms with van der Waals surface area (Å²) in [7, 11) is 2.92. The van der Waals surface area contributed by atoms with Crippen LogP contribution in [0.4, 0.5) is 10.1 Å². The number of hydrogen-bond acceptors (Lipinski definition) is 5. The van der Waals surface area contributed by atoms with Gasteiger partial charge in [0.25, 0.3) is 5.56 Å².